The lowest BCUT2D eigenvalue weighted by Gasteiger charge is -2.24. The van der Waals surface area contributed by atoms with Gasteiger partial charge in [0.15, 0.2) is 0 Å². The lowest BCUT2D eigenvalue weighted by Crippen LogP contribution is -2.26. The Morgan fingerprint density at radius 1 is 1.50 bits per heavy atom. The first-order chi connectivity index (χ1) is 9.16. The molecule has 1 atom stereocenters. The lowest BCUT2D eigenvalue weighted by molar-refractivity contribution is -0.137. The average molecular weight is 286 g/mol. The second-order valence-electron chi connectivity index (χ2n) is 4.45. The molecule has 7 heteroatoms. The highest BCUT2D eigenvalue weighted by atomic mass is 19.4. The summed E-state index contributed by atoms with van der Waals surface area (Å²) in [7, 11) is 1.43. The number of aromatic carboxylic acids is 1. The molecule has 0 amide bonds. The Morgan fingerprint density at radius 2 is 2.10 bits per heavy atom. The predicted octanol–water partition coefficient (Wildman–Crippen LogP) is 3.00. The van der Waals surface area contributed by atoms with Crippen LogP contribution in [0.3, 0.4) is 0 Å². The molecule has 1 unspecified atom stereocenters. The minimum Gasteiger partial charge on any atom is -0.478 e. The van der Waals surface area contributed by atoms with Gasteiger partial charge in [-0.15, -0.1) is 0 Å². The van der Waals surface area contributed by atoms with Crippen molar-refractivity contribution in [2.75, 3.05) is 18.5 Å². The third-order valence-electron chi connectivity index (χ3n) is 2.73. The summed E-state index contributed by atoms with van der Waals surface area (Å²) in [5.41, 5.74) is -1.60. The minimum absolute atomic E-state index is 0.117. The van der Waals surface area contributed by atoms with E-state index in [1.165, 1.54) is 11.9 Å². The van der Waals surface area contributed by atoms with Gasteiger partial charge in [0.1, 0.15) is 0 Å². The largest absolute Gasteiger partial charge is 0.478 e. The molecule has 0 aliphatic carbocycles. The van der Waals surface area contributed by atoms with Gasteiger partial charge < -0.3 is 10.0 Å². The summed E-state index contributed by atoms with van der Waals surface area (Å²) in [5.74, 6) is -1.87. The van der Waals surface area contributed by atoms with Crippen LogP contribution < -0.4 is 4.90 Å². The number of nitriles is 1. The van der Waals surface area contributed by atoms with Crippen molar-refractivity contribution >= 4 is 11.7 Å². The van der Waals surface area contributed by atoms with E-state index in [1.807, 2.05) is 6.07 Å². The molecule has 20 heavy (non-hydrogen) atoms. The normalized spacial score (nSPS) is 12.6. The zero-order valence-electron chi connectivity index (χ0n) is 10.9. The Balaban J connectivity index is 3.26. The number of alkyl halides is 3. The molecular weight excluding hydrogens is 273 g/mol. The van der Waals surface area contributed by atoms with Crippen molar-refractivity contribution in [3.63, 3.8) is 0 Å². The van der Waals surface area contributed by atoms with Crippen LogP contribution in [0.25, 0.3) is 0 Å². The summed E-state index contributed by atoms with van der Waals surface area (Å²) in [6.07, 6.45) is -4.66. The van der Waals surface area contributed by atoms with Gasteiger partial charge in [-0.05, 0) is 25.1 Å². The van der Waals surface area contributed by atoms with Crippen LogP contribution in [0.2, 0.25) is 0 Å². The maximum absolute atomic E-state index is 13.0. The van der Waals surface area contributed by atoms with E-state index in [9.17, 15) is 18.0 Å². The Morgan fingerprint density at radius 3 is 2.55 bits per heavy atom. The molecule has 4 nitrogen and oxygen atoms in total. The first-order valence-corrected chi connectivity index (χ1v) is 5.72. The molecule has 1 rings (SSSR count). The Bertz CT molecular complexity index is 550. The molecule has 0 aliphatic rings. The molecule has 108 valence electrons. The van der Waals surface area contributed by atoms with Gasteiger partial charge >= 0.3 is 12.1 Å². The van der Waals surface area contributed by atoms with E-state index in [-0.39, 0.29) is 12.2 Å². The van der Waals surface area contributed by atoms with E-state index in [0.717, 1.165) is 12.1 Å². The first kappa shape index (κ1) is 15.8. The average Bonchev–Trinajstić information content (AvgIpc) is 2.36. The highest BCUT2D eigenvalue weighted by molar-refractivity contribution is 5.88. The SMILES string of the molecule is CC(C#N)CN(C)c1ccc(C(=O)O)cc1C(F)(F)F. The Kier molecular flexibility index (Phi) is 4.61. The minimum atomic E-state index is -4.66. The molecular formula is C13H13F3N2O2. The number of rotatable bonds is 4. The van der Waals surface area contributed by atoms with E-state index < -0.39 is 29.2 Å². The first-order valence-electron chi connectivity index (χ1n) is 5.72. The van der Waals surface area contributed by atoms with Crippen molar-refractivity contribution < 1.29 is 23.1 Å². The fraction of sp³-hybridized carbons (Fsp3) is 0.385. The monoisotopic (exact) mass is 286 g/mol. The number of hydrogen-bond donors (Lipinski definition) is 1. The zero-order valence-corrected chi connectivity index (χ0v) is 10.9. The van der Waals surface area contributed by atoms with Crippen LogP contribution in [0.1, 0.15) is 22.8 Å². The Hall–Kier alpha value is -2.23. The summed E-state index contributed by atoms with van der Waals surface area (Å²) in [6.45, 7) is 1.71. The fourth-order valence-corrected chi connectivity index (χ4v) is 1.78. The van der Waals surface area contributed by atoms with Crippen molar-refractivity contribution in [2.45, 2.75) is 13.1 Å². The third kappa shape index (κ3) is 3.63. The number of carboxylic acid groups (broad SMARTS) is 1. The number of halogens is 3. The van der Waals surface area contributed by atoms with Gasteiger partial charge in [-0.1, -0.05) is 0 Å². The van der Waals surface area contributed by atoms with Gasteiger partial charge in [-0.3, -0.25) is 0 Å². The number of anilines is 1. The molecule has 0 spiro atoms. The lowest BCUT2D eigenvalue weighted by atomic mass is 10.1. The zero-order chi connectivity index (χ0) is 15.5. The third-order valence-corrected chi connectivity index (χ3v) is 2.73. The van der Waals surface area contributed by atoms with Crippen molar-refractivity contribution in [1.29, 1.82) is 5.26 Å². The molecule has 0 aromatic heterocycles. The quantitative estimate of drug-likeness (QED) is 0.924. The maximum atomic E-state index is 13.0. The second-order valence-corrected chi connectivity index (χ2v) is 4.45. The number of carbonyl (C=O) groups is 1. The number of hydrogen-bond acceptors (Lipinski definition) is 3. The predicted molar refractivity (Wildman–Crippen MR) is 66.5 cm³/mol. The van der Waals surface area contributed by atoms with E-state index in [0.29, 0.717) is 6.07 Å². The highest BCUT2D eigenvalue weighted by Crippen LogP contribution is 2.37. The summed E-state index contributed by atoms with van der Waals surface area (Å²) < 4.78 is 39.0. The van der Waals surface area contributed by atoms with Gasteiger partial charge in [0.25, 0.3) is 0 Å². The standard InChI is InChI=1S/C13H13F3N2O2/c1-8(6-17)7-18(2)11-4-3-9(12(19)20)5-10(11)13(14,15)16/h3-5,8H,7H2,1-2H3,(H,19,20). The smallest absolute Gasteiger partial charge is 0.418 e. The molecule has 1 aromatic carbocycles. The van der Waals surface area contributed by atoms with Crippen molar-refractivity contribution in [3.8, 4) is 6.07 Å². The van der Waals surface area contributed by atoms with Crippen LogP contribution >= 0.6 is 0 Å². The fourth-order valence-electron chi connectivity index (χ4n) is 1.78. The molecule has 1 aromatic rings. The van der Waals surface area contributed by atoms with Crippen molar-refractivity contribution in [3.05, 3.63) is 29.3 Å². The van der Waals surface area contributed by atoms with E-state index >= 15 is 0 Å². The van der Waals surface area contributed by atoms with Crippen LogP contribution in [0.15, 0.2) is 18.2 Å². The molecule has 0 heterocycles. The summed E-state index contributed by atoms with van der Waals surface area (Å²) in [4.78, 5) is 12.1. The summed E-state index contributed by atoms with van der Waals surface area (Å²) >= 11 is 0. The summed E-state index contributed by atoms with van der Waals surface area (Å²) in [6, 6.07) is 4.76. The van der Waals surface area contributed by atoms with Crippen LogP contribution in [0.4, 0.5) is 18.9 Å². The molecule has 0 saturated heterocycles. The number of nitrogens with zero attached hydrogens (tertiary/aromatic N) is 2. The van der Waals surface area contributed by atoms with Crippen LogP contribution in [0, 0.1) is 17.2 Å². The van der Waals surface area contributed by atoms with E-state index in [4.69, 9.17) is 10.4 Å². The van der Waals surface area contributed by atoms with Gasteiger partial charge in [0.2, 0.25) is 0 Å². The molecule has 0 radical (unpaired) electrons. The van der Waals surface area contributed by atoms with Crippen molar-refractivity contribution in [1.82, 2.24) is 0 Å². The van der Waals surface area contributed by atoms with Crippen molar-refractivity contribution in [2.24, 2.45) is 5.92 Å². The topological polar surface area (TPSA) is 64.3 Å². The Labute approximate surface area is 114 Å². The summed E-state index contributed by atoms with van der Waals surface area (Å²) in [5, 5.41) is 17.5. The van der Waals surface area contributed by atoms with Crippen LogP contribution in [0.5, 0.6) is 0 Å². The van der Waals surface area contributed by atoms with Gasteiger partial charge in [0.05, 0.1) is 23.1 Å². The number of benzene rings is 1. The van der Waals surface area contributed by atoms with Crippen LogP contribution in [-0.2, 0) is 6.18 Å². The number of carboxylic acids is 1. The van der Waals surface area contributed by atoms with E-state index in [1.54, 1.807) is 6.92 Å². The molecule has 1 N–H and O–H groups in total. The molecule has 0 bridgehead atoms. The second kappa shape index (κ2) is 5.82. The maximum Gasteiger partial charge on any atom is 0.418 e. The molecule has 0 fully saturated rings. The van der Waals surface area contributed by atoms with Gasteiger partial charge in [-0.2, -0.15) is 18.4 Å². The van der Waals surface area contributed by atoms with E-state index in [2.05, 4.69) is 0 Å². The van der Waals surface area contributed by atoms with Gasteiger partial charge in [-0.25, -0.2) is 4.79 Å². The molecule has 0 saturated carbocycles. The van der Waals surface area contributed by atoms with Crippen LogP contribution in [-0.4, -0.2) is 24.7 Å². The molecule has 0 aliphatic heterocycles. The van der Waals surface area contributed by atoms with Gasteiger partial charge in [0, 0.05) is 19.3 Å². The highest BCUT2D eigenvalue weighted by Gasteiger charge is 2.35.